The van der Waals surface area contributed by atoms with Crippen LogP contribution in [-0.4, -0.2) is 63.5 Å². The number of nitrogens with zero attached hydrogens (tertiary/aromatic N) is 1. The number of aliphatic hydroxyl groups is 3. The topological polar surface area (TPSA) is 134 Å². The molecule has 1 aromatic heterocycles. The van der Waals surface area contributed by atoms with Gasteiger partial charge < -0.3 is 24.8 Å². The van der Waals surface area contributed by atoms with Crippen molar-refractivity contribution in [3.8, 4) is 0 Å². The van der Waals surface area contributed by atoms with Crippen molar-refractivity contribution in [3.05, 3.63) is 32.6 Å². The van der Waals surface area contributed by atoms with Gasteiger partial charge in [-0.15, -0.1) is 0 Å². The average molecular weight is 302 g/mol. The Bertz CT molecular complexity index is 596. The third-order valence-corrected chi connectivity index (χ3v) is 3.41. The summed E-state index contributed by atoms with van der Waals surface area (Å²) in [7, 11) is 1.48. The number of rotatable bonds is 5. The summed E-state index contributed by atoms with van der Waals surface area (Å²) < 4.78 is 11.1. The minimum Gasteiger partial charge on any atom is -0.394 e. The van der Waals surface area contributed by atoms with E-state index in [2.05, 4.69) is 4.98 Å². The molecule has 1 aromatic rings. The molecule has 118 valence electrons. The van der Waals surface area contributed by atoms with E-state index in [4.69, 9.17) is 14.6 Å². The molecule has 0 spiro atoms. The lowest BCUT2D eigenvalue weighted by Gasteiger charge is -2.17. The van der Waals surface area contributed by atoms with E-state index in [0.29, 0.717) is 0 Å². The van der Waals surface area contributed by atoms with Crippen LogP contribution in [0.5, 0.6) is 0 Å². The summed E-state index contributed by atoms with van der Waals surface area (Å²) in [5.41, 5.74) is -1.02. The fourth-order valence-electron chi connectivity index (χ4n) is 2.22. The van der Waals surface area contributed by atoms with Crippen LogP contribution in [0.25, 0.3) is 0 Å². The lowest BCUT2D eigenvalue weighted by Crippen LogP contribution is -2.39. The average Bonchev–Trinajstić information content (AvgIpc) is 2.74. The Morgan fingerprint density at radius 2 is 2.10 bits per heavy atom. The predicted octanol–water partition coefficient (Wildman–Crippen LogP) is -2.66. The van der Waals surface area contributed by atoms with E-state index in [0.717, 1.165) is 4.57 Å². The van der Waals surface area contributed by atoms with Crippen molar-refractivity contribution in [1.82, 2.24) is 9.55 Å². The maximum atomic E-state index is 11.8. The maximum absolute atomic E-state index is 11.8. The maximum Gasteiger partial charge on any atom is 0.330 e. The normalized spacial score (nSPS) is 29.0. The number of aromatic amines is 1. The van der Waals surface area contributed by atoms with E-state index < -0.39 is 42.4 Å². The quantitative estimate of drug-likeness (QED) is 0.466. The van der Waals surface area contributed by atoms with E-state index in [-0.39, 0.29) is 18.6 Å². The molecule has 9 heteroatoms. The lowest BCUT2D eigenvalue weighted by molar-refractivity contribution is -0.0551. The van der Waals surface area contributed by atoms with Crippen molar-refractivity contribution in [1.29, 1.82) is 0 Å². The Morgan fingerprint density at radius 3 is 2.67 bits per heavy atom. The van der Waals surface area contributed by atoms with E-state index >= 15 is 0 Å². The van der Waals surface area contributed by atoms with Gasteiger partial charge >= 0.3 is 5.69 Å². The van der Waals surface area contributed by atoms with Crippen LogP contribution in [0, 0.1) is 0 Å². The van der Waals surface area contributed by atoms with Crippen molar-refractivity contribution in [2.45, 2.75) is 31.0 Å². The van der Waals surface area contributed by atoms with Crippen LogP contribution < -0.4 is 11.2 Å². The zero-order chi connectivity index (χ0) is 15.6. The van der Waals surface area contributed by atoms with Crippen LogP contribution in [0.15, 0.2) is 15.8 Å². The number of ether oxygens (including phenoxy) is 2. The van der Waals surface area contributed by atoms with Gasteiger partial charge in [-0.05, 0) is 0 Å². The van der Waals surface area contributed by atoms with Crippen LogP contribution in [0.2, 0.25) is 0 Å². The van der Waals surface area contributed by atoms with Gasteiger partial charge in [0.15, 0.2) is 6.23 Å². The molecule has 1 saturated heterocycles. The van der Waals surface area contributed by atoms with Gasteiger partial charge in [-0.1, -0.05) is 0 Å². The molecule has 0 aromatic carbocycles. The highest BCUT2D eigenvalue weighted by Crippen LogP contribution is 2.27. The SMILES string of the molecule is COCCc1cn([C@@H]2O[C@H](CO)[C@@H](O)[C@H]2O)c(=O)[nH]c1=O. The molecule has 21 heavy (non-hydrogen) atoms. The van der Waals surface area contributed by atoms with Gasteiger partial charge in [0.1, 0.15) is 18.3 Å². The fraction of sp³-hybridized carbons (Fsp3) is 0.667. The third kappa shape index (κ3) is 3.06. The second-order valence-electron chi connectivity index (χ2n) is 4.79. The molecule has 4 atom stereocenters. The molecule has 0 bridgehead atoms. The molecule has 1 aliphatic rings. The van der Waals surface area contributed by atoms with Crippen molar-refractivity contribution < 1.29 is 24.8 Å². The summed E-state index contributed by atoms with van der Waals surface area (Å²) in [5, 5.41) is 28.7. The molecule has 2 heterocycles. The van der Waals surface area contributed by atoms with Crippen LogP contribution >= 0.6 is 0 Å². The predicted molar refractivity (Wildman–Crippen MR) is 69.9 cm³/mol. The first kappa shape index (κ1) is 15.9. The van der Waals surface area contributed by atoms with E-state index in [1.807, 2.05) is 0 Å². The number of aliphatic hydroxyl groups excluding tert-OH is 3. The van der Waals surface area contributed by atoms with Crippen LogP contribution in [0.4, 0.5) is 0 Å². The third-order valence-electron chi connectivity index (χ3n) is 3.41. The standard InChI is InChI=1S/C12H18N2O7/c1-20-3-2-6-4-14(12(19)13-10(6)18)11-9(17)8(16)7(5-15)21-11/h4,7-9,11,15-17H,2-3,5H2,1H3,(H,13,18,19)/t7-,8-,9-,11-/m1/s1. The number of H-pyrrole nitrogens is 1. The van der Waals surface area contributed by atoms with Crippen LogP contribution in [0.3, 0.4) is 0 Å². The Hall–Kier alpha value is -1.52. The van der Waals surface area contributed by atoms with E-state index in [1.54, 1.807) is 0 Å². The minimum atomic E-state index is -1.39. The van der Waals surface area contributed by atoms with Gasteiger partial charge in [-0.25, -0.2) is 4.79 Å². The highest BCUT2D eigenvalue weighted by molar-refractivity contribution is 5.06. The van der Waals surface area contributed by atoms with Crippen molar-refractivity contribution in [2.75, 3.05) is 20.3 Å². The largest absolute Gasteiger partial charge is 0.394 e. The van der Waals surface area contributed by atoms with Gasteiger partial charge in [0.25, 0.3) is 5.56 Å². The van der Waals surface area contributed by atoms with E-state index in [9.17, 15) is 19.8 Å². The summed E-state index contributed by atoms with van der Waals surface area (Å²) >= 11 is 0. The number of nitrogens with one attached hydrogen (secondary N) is 1. The Morgan fingerprint density at radius 1 is 1.38 bits per heavy atom. The highest BCUT2D eigenvalue weighted by atomic mass is 16.6. The number of methoxy groups -OCH3 is 1. The summed E-state index contributed by atoms with van der Waals surface area (Å²) in [6.07, 6.45) is -3.34. The Kier molecular flexibility index (Phi) is 4.91. The minimum absolute atomic E-state index is 0.279. The highest BCUT2D eigenvalue weighted by Gasteiger charge is 2.43. The first-order chi connectivity index (χ1) is 9.99. The molecule has 9 nitrogen and oxygen atoms in total. The summed E-state index contributed by atoms with van der Waals surface area (Å²) in [6.45, 7) is -0.208. The summed E-state index contributed by atoms with van der Waals surface area (Å²) in [4.78, 5) is 25.6. The Balaban J connectivity index is 2.35. The second-order valence-corrected chi connectivity index (χ2v) is 4.79. The lowest BCUT2D eigenvalue weighted by atomic mass is 10.1. The molecule has 4 N–H and O–H groups in total. The Labute approximate surface area is 119 Å². The molecule has 0 unspecified atom stereocenters. The summed E-state index contributed by atoms with van der Waals surface area (Å²) in [6, 6.07) is 0. The molecule has 0 amide bonds. The van der Waals surface area contributed by atoms with Crippen molar-refractivity contribution in [2.24, 2.45) is 0 Å². The van der Waals surface area contributed by atoms with Gasteiger partial charge in [-0.2, -0.15) is 0 Å². The molecule has 0 radical (unpaired) electrons. The second kappa shape index (κ2) is 6.50. The molecule has 0 aliphatic carbocycles. The van der Waals surface area contributed by atoms with Crippen LogP contribution in [-0.2, 0) is 15.9 Å². The first-order valence-electron chi connectivity index (χ1n) is 6.45. The number of aromatic nitrogens is 2. The molecular weight excluding hydrogens is 284 g/mol. The van der Waals surface area contributed by atoms with Crippen molar-refractivity contribution in [3.63, 3.8) is 0 Å². The van der Waals surface area contributed by atoms with Crippen LogP contribution in [0.1, 0.15) is 11.8 Å². The molecule has 2 rings (SSSR count). The zero-order valence-corrected chi connectivity index (χ0v) is 11.4. The molecule has 1 fully saturated rings. The van der Waals surface area contributed by atoms with Gasteiger partial charge in [0.05, 0.1) is 13.2 Å². The van der Waals surface area contributed by atoms with Gasteiger partial charge in [-0.3, -0.25) is 14.3 Å². The monoisotopic (exact) mass is 302 g/mol. The zero-order valence-electron chi connectivity index (χ0n) is 11.4. The fourth-order valence-corrected chi connectivity index (χ4v) is 2.22. The molecule has 0 saturated carbocycles. The molecular formula is C12H18N2O7. The van der Waals surface area contributed by atoms with Gasteiger partial charge in [0.2, 0.25) is 0 Å². The number of hydrogen-bond donors (Lipinski definition) is 4. The molecule has 1 aliphatic heterocycles. The smallest absolute Gasteiger partial charge is 0.330 e. The van der Waals surface area contributed by atoms with Crippen molar-refractivity contribution >= 4 is 0 Å². The number of hydrogen-bond acceptors (Lipinski definition) is 7. The first-order valence-corrected chi connectivity index (χ1v) is 6.45. The van der Waals surface area contributed by atoms with Gasteiger partial charge in [0, 0.05) is 25.3 Å². The summed E-state index contributed by atoms with van der Waals surface area (Å²) in [5.74, 6) is 0. The van der Waals surface area contributed by atoms with E-state index in [1.165, 1.54) is 13.3 Å².